The Morgan fingerprint density at radius 1 is 1.37 bits per heavy atom. The van der Waals surface area contributed by atoms with E-state index in [0.29, 0.717) is 11.8 Å². The van der Waals surface area contributed by atoms with Crippen LogP contribution in [0.15, 0.2) is 0 Å². The number of nitrogens with two attached hydrogens (primary N) is 1. The van der Waals surface area contributed by atoms with E-state index in [4.69, 9.17) is 30.2 Å². The van der Waals surface area contributed by atoms with Crippen LogP contribution in [0.2, 0.25) is 0 Å². The first-order valence-corrected chi connectivity index (χ1v) is 9.06. The number of rotatable bonds is 6. The number of hydrogen-bond acceptors (Lipinski definition) is 8. The zero-order chi connectivity index (χ0) is 15.6. The molecule has 0 saturated heterocycles. The lowest BCUT2D eigenvalue weighted by Crippen LogP contribution is -2.51. The minimum atomic E-state index is -4.91. The van der Waals surface area contributed by atoms with Gasteiger partial charge in [0.2, 0.25) is 0 Å². The summed E-state index contributed by atoms with van der Waals surface area (Å²) in [7, 11) is -9.54. The van der Waals surface area contributed by atoms with E-state index in [1.807, 2.05) is 0 Å². The quantitative estimate of drug-likeness (QED) is 0.322. The Balaban J connectivity index is 5.42. The van der Waals surface area contributed by atoms with Gasteiger partial charge in [0.25, 0.3) is 0 Å². The van der Waals surface area contributed by atoms with Crippen LogP contribution in [-0.4, -0.2) is 52.1 Å². The summed E-state index contributed by atoms with van der Waals surface area (Å²) in [6.45, 7) is 2.22. The Morgan fingerprint density at radius 3 is 2.05 bits per heavy atom. The smallest absolute Gasteiger partial charge is 0.324 e. The average Bonchev–Trinajstić information content (AvgIpc) is 2.09. The number of hydrogen-bond donors (Lipinski definition) is 6. The molecule has 12 heteroatoms. The summed E-state index contributed by atoms with van der Waals surface area (Å²) >= 11 is 0.389. The third-order valence-corrected chi connectivity index (χ3v) is 5.42. The summed E-state index contributed by atoms with van der Waals surface area (Å²) in [5, 5.41) is -0.572. The van der Waals surface area contributed by atoms with Crippen LogP contribution in [0.25, 0.3) is 0 Å². The first-order chi connectivity index (χ1) is 8.19. The van der Waals surface area contributed by atoms with E-state index >= 15 is 0 Å². The van der Waals surface area contributed by atoms with E-state index in [-0.39, 0.29) is 0 Å². The van der Waals surface area contributed by atoms with Crippen molar-refractivity contribution >= 4 is 37.9 Å². The Bertz CT molecular complexity index is 418. The zero-order valence-corrected chi connectivity index (χ0v) is 12.7. The Kier molecular flexibility index (Phi) is 6.29. The number of carbonyl (C=O) groups excluding carboxylic acids is 2. The van der Waals surface area contributed by atoms with Crippen molar-refractivity contribution in [3.05, 3.63) is 0 Å². The van der Waals surface area contributed by atoms with Crippen molar-refractivity contribution in [2.24, 2.45) is 5.73 Å². The molecule has 0 aliphatic rings. The van der Waals surface area contributed by atoms with Crippen LogP contribution in [0.4, 0.5) is 0 Å². The summed E-state index contributed by atoms with van der Waals surface area (Å²) in [6.07, 6.45) is -0.933. The fourth-order valence-electron chi connectivity index (χ4n) is 1.38. The standard InChI is InChI=1S/C7H15NO8P2S/c1-4(9)19-7(2,3-17(11,12)13)5(8)6(10)18(14,15)16/h5,14-16H,3,8H2,1-2H3,(H-,11,12,13)/p+1. The lowest BCUT2D eigenvalue weighted by atomic mass is 10.1. The Hall–Kier alpha value is 0.110. The van der Waals surface area contributed by atoms with Crippen molar-refractivity contribution in [1.29, 1.82) is 0 Å². The van der Waals surface area contributed by atoms with Gasteiger partial charge in [-0.25, -0.2) is 4.79 Å². The van der Waals surface area contributed by atoms with E-state index in [0.717, 1.165) is 13.8 Å². The molecule has 112 valence electrons. The van der Waals surface area contributed by atoms with Crippen LogP contribution in [0.5, 0.6) is 0 Å². The van der Waals surface area contributed by atoms with Gasteiger partial charge >= 0.3 is 21.1 Å². The third-order valence-electron chi connectivity index (χ3n) is 2.12. The molecule has 0 fully saturated rings. The van der Waals surface area contributed by atoms with Gasteiger partial charge in [-0.2, -0.15) is 14.7 Å². The first kappa shape index (κ1) is 19.1. The molecule has 0 bridgehead atoms. The van der Waals surface area contributed by atoms with Crippen LogP contribution in [0.1, 0.15) is 13.8 Å². The summed E-state index contributed by atoms with van der Waals surface area (Å²) < 4.78 is 9.25. The fraction of sp³-hybridized carbons (Fsp3) is 0.714. The molecule has 0 spiro atoms. The van der Waals surface area contributed by atoms with Gasteiger partial charge in [-0.1, -0.05) is 11.8 Å². The molecule has 0 aliphatic carbocycles. The second-order valence-electron chi connectivity index (χ2n) is 4.11. The van der Waals surface area contributed by atoms with Crippen molar-refractivity contribution in [2.75, 3.05) is 6.16 Å². The minimum absolute atomic E-state index is 0.389. The van der Waals surface area contributed by atoms with Gasteiger partial charge in [0.1, 0.15) is 6.04 Å². The highest BCUT2D eigenvalue weighted by atomic mass is 32.2. The van der Waals surface area contributed by atoms with Crippen LogP contribution in [0.3, 0.4) is 0 Å². The van der Waals surface area contributed by atoms with Gasteiger partial charge in [-0.05, 0) is 6.92 Å². The Morgan fingerprint density at radius 2 is 1.79 bits per heavy atom. The van der Waals surface area contributed by atoms with Crippen molar-refractivity contribution < 1.29 is 38.6 Å². The molecule has 2 unspecified atom stereocenters. The molecule has 0 rings (SSSR count). The third kappa shape index (κ3) is 6.40. The van der Waals surface area contributed by atoms with E-state index < -0.39 is 43.1 Å². The van der Waals surface area contributed by atoms with Gasteiger partial charge in [0.15, 0.2) is 5.12 Å². The monoisotopic (exact) mass is 336 g/mol. The Labute approximate surface area is 113 Å². The maximum absolute atomic E-state index is 11.5. The fourth-order valence-corrected chi connectivity index (χ4v) is 4.79. The molecular formula is C7H16NO8P2S+. The molecule has 0 radical (unpaired) electrons. The summed E-state index contributed by atoms with van der Waals surface area (Å²) in [5.41, 5.74) is 3.86. The molecule has 0 aliphatic heterocycles. The highest BCUT2D eigenvalue weighted by Crippen LogP contribution is 2.51. The van der Waals surface area contributed by atoms with E-state index in [9.17, 15) is 14.2 Å². The van der Waals surface area contributed by atoms with Crippen molar-refractivity contribution in [2.45, 2.75) is 24.6 Å². The lowest BCUT2D eigenvalue weighted by molar-refractivity contribution is -0.115. The molecule has 0 aromatic heterocycles. The largest absolute Gasteiger partial charge is 0.480 e. The summed E-state index contributed by atoms with van der Waals surface area (Å²) in [5.74, 6) is 0. The molecule has 7 N–H and O–H groups in total. The molecule has 0 aromatic rings. The lowest BCUT2D eigenvalue weighted by Gasteiger charge is -2.31. The molecule has 19 heavy (non-hydrogen) atoms. The maximum Gasteiger partial charge on any atom is 0.480 e. The van der Waals surface area contributed by atoms with E-state index in [1.165, 1.54) is 0 Å². The highest BCUT2D eigenvalue weighted by molar-refractivity contribution is 8.15. The summed E-state index contributed by atoms with van der Waals surface area (Å²) in [6, 6.07) is -1.83. The van der Waals surface area contributed by atoms with Gasteiger partial charge < -0.3 is 15.5 Å². The maximum atomic E-state index is 11.5. The predicted molar refractivity (Wildman–Crippen MR) is 70.1 cm³/mol. The normalized spacial score (nSPS) is 17.7. The minimum Gasteiger partial charge on any atom is -0.324 e. The molecule has 0 amide bonds. The van der Waals surface area contributed by atoms with Gasteiger partial charge in [0.05, 0.1) is 10.9 Å². The van der Waals surface area contributed by atoms with Gasteiger partial charge in [-0.3, -0.25) is 9.36 Å². The summed E-state index contributed by atoms with van der Waals surface area (Å²) in [4.78, 5) is 67.0. The van der Waals surface area contributed by atoms with E-state index in [2.05, 4.69) is 0 Å². The highest BCUT2D eigenvalue weighted by Gasteiger charge is 2.54. The van der Waals surface area contributed by atoms with Crippen LogP contribution in [0, 0.1) is 0 Å². The molecule has 2 atom stereocenters. The van der Waals surface area contributed by atoms with Crippen molar-refractivity contribution in [3.63, 3.8) is 0 Å². The van der Waals surface area contributed by atoms with Crippen molar-refractivity contribution in [3.8, 4) is 0 Å². The van der Waals surface area contributed by atoms with E-state index in [1.54, 1.807) is 0 Å². The van der Waals surface area contributed by atoms with Gasteiger partial charge in [0, 0.05) is 6.92 Å². The first-order valence-electron chi connectivity index (χ1n) is 4.80. The van der Waals surface area contributed by atoms with Gasteiger partial charge in [-0.15, -0.1) is 0 Å². The van der Waals surface area contributed by atoms with Crippen LogP contribution >= 0.6 is 27.3 Å². The van der Waals surface area contributed by atoms with Crippen LogP contribution in [-0.2, 0) is 14.2 Å². The second kappa shape index (κ2) is 6.26. The number of thioether (sulfide) groups is 1. The molecule has 0 saturated carbocycles. The topological polar surface area (TPSA) is 178 Å². The van der Waals surface area contributed by atoms with Crippen molar-refractivity contribution in [1.82, 2.24) is 0 Å². The molecular weight excluding hydrogens is 320 g/mol. The molecule has 0 aromatic carbocycles. The molecule has 9 nitrogen and oxygen atoms in total. The predicted octanol–water partition coefficient (Wildman–Crippen LogP) is -1.20. The second-order valence-corrected chi connectivity index (χ2v) is 9.05. The van der Waals surface area contributed by atoms with Crippen LogP contribution < -0.4 is 5.73 Å². The number of carbonyl (C=O) groups is 2. The molecule has 0 heterocycles. The average molecular weight is 336 g/mol. The zero-order valence-electron chi connectivity index (χ0n) is 10.1. The SMILES string of the molecule is CC(=O)SC(C)(CP(=O)(O)O)C(N)C(=O)[P+](O)(O)O.